The van der Waals surface area contributed by atoms with Crippen LogP contribution in [0.4, 0.5) is 19.1 Å². The first-order valence-corrected chi connectivity index (χ1v) is 8.93. The molecule has 0 amide bonds. The minimum Gasteiger partial charge on any atom is -0.507 e. The molecule has 0 saturated carbocycles. The minimum absolute atomic E-state index is 0.216. The Morgan fingerprint density at radius 1 is 1.22 bits per heavy atom. The van der Waals surface area contributed by atoms with E-state index in [1.54, 1.807) is 0 Å². The number of anilines is 1. The van der Waals surface area contributed by atoms with E-state index >= 15 is 0 Å². The average molecular weight is 379 g/mol. The predicted molar refractivity (Wildman–Crippen MR) is 93.4 cm³/mol. The fourth-order valence-electron chi connectivity index (χ4n) is 4.10. The lowest BCUT2D eigenvalue weighted by Crippen LogP contribution is -2.46. The molecule has 2 N–H and O–H groups in total. The summed E-state index contributed by atoms with van der Waals surface area (Å²) >= 11 is 0. The minimum atomic E-state index is -4.52. The molecule has 6 nitrogen and oxygen atoms in total. The SMILES string of the molecule is Cc1cc(C(F)(F)F)cc(O)c1-c1cnc(N2CCC3CCNCC32)nn1. The average Bonchev–Trinajstić information content (AvgIpc) is 3.05. The molecule has 3 heterocycles. The van der Waals surface area contributed by atoms with E-state index in [0.717, 1.165) is 38.5 Å². The van der Waals surface area contributed by atoms with E-state index in [1.165, 1.54) is 13.1 Å². The fourth-order valence-corrected chi connectivity index (χ4v) is 4.10. The Kier molecular flexibility index (Phi) is 4.41. The van der Waals surface area contributed by atoms with Gasteiger partial charge in [0.1, 0.15) is 11.4 Å². The number of rotatable bonds is 2. The number of halogens is 3. The van der Waals surface area contributed by atoms with E-state index < -0.39 is 17.5 Å². The van der Waals surface area contributed by atoms with Crippen molar-refractivity contribution in [2.24, 2.45) is 5.92 Å². The second-order valence-electron chi connectivity index (χ2n) is 7.13. The van der Waals surface area contributed by atoms with Crippen LogP contribution in [0.15, 0.2) is 18.3 Å². The summed E-state index contributed by atoms with van der Waals surface area (Å²) in [5.41, 5.74) is -0.163. The summed E-state index contributed by atoms with van der Waals surface area (Å²) in [6.07, 6.45) is -0.836. The summed E-state index contributed by atoms with van der Waals surface area (Å²) in [7, 11) is 0. The lowest BCUT2D eigenvalue weighted by molar-refractivity contribution is -0.137. The van der Waals surface area contributed by atoms with E-state index in [0.29, 0.717) is 24.0 Å². The molecule has 0 spiro atoms. The van der Waals surface area contributed by atoms with Crippen LogP contribution in [-0.4, -0.2) is 46.0 Å². The number of phenolic OH excluding ortho intramolecular Hbond substituents is 1. The van der Waals surface area contributed by atoms with Crippen LogP contribution in [0.3, 0.4) is 0 Å². The normalized spacial score (nSPS) is 22.7. The standard InChI is InChI=1S/C18H20F3N5O/c1-10-6-12(18(19,20)21)7-15(27)16(10)13-8-23-17(25-24-13)26-5-3-11-2-4-22-9-14(11)26/h6-8,11,14,22,27H,2-5,9H2,1H3. The maximum absolute atomic E-state index is 12.9. The van der Waals surface area contributed by atoms with E-state index in [4.69, 9.17) is 0 Å². The topological polar surface area (TPSA) is 74.2 Å². The third-order valence-electron chi connectivity index (χ3n) is 5.44. The number of alkyl halides is 3. The Balaban J connectivity index is 1.61. The molecule has 2 unspecified atom stereocenters. The Hall–Kier alpha value is -2.42. The van der Waals surface area contributed by atoms with Crippen molar-refractivity contribution in [2.75, 3.05) is 24.5 Å². The lowest BCUT2D eigenvalue weighted by atomic mass is 9.93. The molecular formula is C18H20F3N5O. The Morgan fingerprint density at radius 3 is 2.70 bits per heavy atom. The fraction of sp³-hybridized carbons (Fsp3) is 0.500. The van der Waals surface area contributed by atoms with Gasteiger partial charge in [-0.15, -0.1) is 10.2 Å². The molecule has 0 radical (unpaired) electrons. The molecule has 2 saturated heterocycles. The van der Waals surface area contributed by atoms with Crippen molar-refractivity contribution < 1.29 is 18.3 Å². The first-order chi connectivity index (χ1) is 12.8. The number of phenols is 1. The van der Waals surface area contributed by atoms with Crippen LogP contribution in [0, 0.1) is 12.8 Å². The number of piperidine rings is 1. The van der Waals surface area contributed by atoms with Gasteiger partial charge in [0.15, 0.2) is 0 Å². The van der Waals surface area contributed by atoms with Gasteiger partial charge in [0.05, 0.1) is 11.8 Å². The van der Waals surface area contributed by atoms with Crippen LogP contribution in [-0.2, 0) is 6.18 Å². The molecule has 1 aromatic heterocycles. The van der Waals surface area contributed by atoms with Crippen molar-refractivity contribution in [1.82, 2.24) is 20.5 Å². The molecule has 2 aliphatic rings. The van der Waals surface area contributed by atoms with Gasteiger partial charge in [0.2, 0.25) is 5.95 Å². The van der Waals surface area contributed by atoms with Crippen LogP contribution >= 0.6 is 0 Å². The van der Waals surface area contributed by atoms with E-state index in [9.17, 15) is 18.3 Å². The van der Waals surface area contributed by atoms with Crippen LogP contribution < -0.4 is 10.2 Å². The number of benzene rings is 1. The number of nitrogens with one attached hydrogen (secondary N) is 1. The molecule has 27 heavy (non-hydrogen) atoms. The van der Waals surface area contributed by atoms with E-state index in [2.05, 4.69) is 25.4 Å². The zero-order chi connectivity index (χ0) is 19.2. The highest BCUT2D eigenvalue weighted by Crippen LogP contribution is 2.38. The number of fused-ring (bicyclic) bond motifs is 1. The molecular weight excluding hydrogens is 359 g/mol. The van der Waals surface area contributed by atoms with Crippen LogP contribution in [0.1, 0.15) is 24.0 Å². The summed E-state index contributed by atoms with van der Waals surface area (Å²) in [6.45, 7) is 4.27. The van der Waals surface area contributed by atoms with E-state index in [-0.39, 0.29) is 16.8 Å². The molecule has 1 aromatic carbocycles. The number of aromatic nitrogens is 3. The number of aromatic hydroxyl groups is 1. The maximum Gasteiger partial charge on any atom is 0.416 e. The van der Waals surface area contributed by atoms with Gasteiger partial charge in [-0.1, -0.05) is 0 Å². The van der Waals surface area contributed by atoms with Crippen molar-refractivity contribution in [2.45, 2.75) is 32.0 Å². The van der Waals surface area contributed by atoms with Gasteiger partial charge in [-0.05, 0) is 49.9 Å². The van der Waals surface area contributed by atoms with Crippen LogP contribution in [0.2, 0.25) is 0 Å². The molecule has 0 bridgehead atoms. The third-order valence-corrected chi connectivity index (χ3v) is 5.44. The van der Waals surface area contributed by atoms with Crippen molar-refractivity contribution in [3.63, 3.8) is 0 Å². The highest BCUT2D eigenvalue weighted by atomic mass is 19.4. The van der Waals surface area contributed by atoms with Gasteiger partial charge >= 0.3 is 6.18 Å². The quantitative estimate of drug-likeness (QED) is 0.836. The molecule has 2 aromatic rings. The first kappa shape index (κ1) is 18.0. The van der Waals surface area contributed by atoms with Gasteiger partial charge in [-0.2, -0.15) is 13.2 Å². The van der Waals surface area contributed by atoms with E-state index in [1.807, 2.05) is 0 Å². The Morgan fingerprint density at radius 2 is 2.04 bits per heavy atom. The second-order valence-corrected chi connectivity index (χ2v) is 7.13. The Labute approximate surface area is 154 Å². The van der Waals surface area contributed by atoms with Crippen LogP contribution in [0.25, 0.3) is 11.3 Å². The third kappa shape index (κ3) is 3.31. The summed E-state index contributed by atoms with van der Waals surface area (Å²) < 4.78 is 38.6. The number of nitrogens with zero attached hydrogens (tertiary/aromatic N) is 4. The van der Waals surface area contributed by atoms with Crippen molar-refractivity contribution in [3.8, 4) is 17.0 Å². The zero-order valence-corrected chi connectivity index (χ0v) is 14.8. The summed E-state index contributed by atoms with van der Waals surface area (Å²) in [5, 5.41) is 21.8. The number of hydrogen-bond donors (Lipinski definition) is 2. The number of hydrogen-bond acceptors (Lipinski definition) is 6. The summed E-state index contributed by atoms with van der Waals surface area (Å²) in [4.78, 5) is 6.50. The van der Waals surface area contributed by atoms with Gasteiger partial charge in [0.25, 0.3) is 0 Å². The smallest absolute Gasteiger partial charge is 0.416 e. The molecule has 2 aliphatic heterocycles. The van der Waals surface area contributed by atoms with Crippen molar-refractivity contribution in [3.05, 3.63) is 29.5 Å². The summed E-state index contributed by atoms with van der Waals surface area (Å²) in [5.74, 6) is 0.652. The van der Waals surface area contributed by atoms with Crippen molar-refractivity contribution in [1.29, 1.82) is 0 Å². The summed E-state index contributed by atoms with van der Waals surface area (Å²) in [6, 6.07) is 2.03. The molecule has 144 valence electrons. The largest absolute Gasteiger partial charge is 0.507 e. The highest BCUT2D eigenvalue weighted by molar-refractivity contribution is 5.70. The van der Waals surface area contributed by atoms with Gasteiger partial charge in [0, 0.05) is 24.7 Å². The predicted octanol–water partition coefficient (Wildman–Crippen LogP) is 2.76. The maximum atomic E-state index is 12.9. The zero-order valence-electron chi connectivity index (χ0n) is 14.8. The van der Waals surface area contributed by atoms with Gasteiger partial charge < -0.3 is 15.3 Å². The molecule has 0 aliphatic carbocycles. The highest BCUT2D eigenvalue weighted by Gasteiger charge is 2.37. The molecule has 2 fully saturated rings. The van der Waals surface area contributed by atoms with Gasteiger partial charge in [-0.3, -0.25) is 0 Å². The molecule has 4 rings (SSSR count). The lowest BCUT2D eigenvalue weighted by Gasteiger charge is -2.31. The monoisotopic (exact) mass is 379 g/mol. The Bertz CT molecular complexity index is 817. The van der Waals surface area contributed by atoms with Crippen molar-refractivity contribution >= 4 is 5.95 Å². The molecule has 9 heteroatoms. The van der Waals surface area contributed by atoms with Gasteiger partial charge in [-0.25, -0.2) is 4.98 Å². The number of aryl methyl sites for hydroxylation is 1. The first-order valence-electron chi connectivity index (χ1n) is 8.93. The second kappa shape index (κ2) is 6.63. The van der Waals surface area contributed by atoms with Crippen LogP contribution in [0.5, 0.6) is 5.75 Å². The molecule has 2 atom stereocenters.